The molecule has 9 heteroatoms. The highest BCUT2D eigenvalue weighted by Gasteiger charge is 2.41. The zero-order valence-corrected chi connectivity index (χ0v) is 19.4. The summed E-state index contributed by atoms with van der Waals surface area (Å²) in [6.45, 7) is 4.96. The van der Waals surface area contributed by atoms with Gasteiger partial charge in [0.25, 0.3) is 5.91 Å². The highest BCUT2D eigenvalue weighted by molar-refractivity contribution is 7.87. The smallest absolute Gasteiger partial charge is 0.303 e. The second kappa shape index (κ2) is 8.63. The maximum Gasteiger partial charge on any atom is 0.303 e. The van der Waals surface area contributed by atoms with Crippen LogP contribution in [0.2, 0.25) is 5.02 Å². The van der Waals surface area contributed by atoms with Crippen LogP contribution < -0.4 is 9.46 Å². The van der Waals surface area contributed by atoms with E-state index < -0.39 is 27.5 Å². The Morgan fingerprint density at radius 3 is 2.43 bits per heavy atom. The van der Waals surface area contributed by atoms with E-state index in [2.05, 4.69) is 13.8 Å². The van der Waals surface area contributed by atoms with Gasteiger partial charge < -0.3 is 4.74 Å². The van der Waals surface area contributed by atoms with Crippen LogP contribution in [0.25, 0.3) is 0 Å². The van der Waals surface area contributed by atoms with Crippen LogP contribution in [0.3, 0.4) is 0 Å². The fourth-order valence-corrected chi connectivity index (χ4v) is 5.90. The molecule has 1 N–H and O–H groups in total. The van der Waals surface area contributed by atoms with Crippen LogP contribution in [0, 0.1) is 29.0 Å². The number of hydrogen-bond acceptors (Lipinski definition) is 4. The molecule has 0 aliphatic heterocycles. The molecule has 2 atom stereocenters. The summed E-state index contributed by atoms with van der Waals surface area (Å²) in [6.07, 6.45) is 5.95. The topological polar surface area (TPSA) is 75.7 Å². The minimum absolute atomic E-state index is 0.00334. The Balaban J connectivity index is 1.69. The van der Waals surface area contributed by atoms with Crippen LogP contribution >= 0.6 is 11.6 Å². The van der Waals surface area contributed by atoms with Crippen LogP contribution in [-0.4, -0.2) is 39.3 Å². The van der Waals surface area contributed by atoms with Gasteiger partial charge >= 0.3 is 10.2 Å². The Labute approximate surface area is 183 Å². The number of carbonyl (C=O) groups excluding carboxylic acids is 1. The van der Waals surface area contributed by atoms with Crippen molar-refractivity contribution in [2.24, 2.45) is 23.2 Å². The largest absolute Gasteiger partial charge is 0.491 e. The van der Waals surface area contributed by atoms with Gasteiger partial charge in [0.05, 0.1) is 17.2 Å². The molecule has 0 saturated heterocycles. The summed E-state index contributed by atoms with van der Waals surface area (Å²) in [4.78, 5) is 12.2. The molecule has 1 aromatic carbocycles. The van der Waals surface area contributed by atoms with Gasteiger partial charge in [-0.3, -0.25) is 4.79 Å². The van der Waals surface area contributed by atoms with E-state index in [-0.39, 0.29) is 16.2 Å². The summed E-state index contributed by atoms with van der Waals surface area (Å²) in [7, 11) is -1.52. The monoisotopic (exact) mass is 460 g/mol. The van der Waals surface area contributed by atoms with Gasteiger partial charge in [0.1, 0.15) is 11.6 Å². The maximum atomic E-state index is 14.5. The van der Waals surface area contributed by atoms with Crippen molar-refractivity contribution in [3.05, 3.63) is 28.5 Å². The van der Waals surface area contributed by atoms with Crippen molar-refractivity contribution in [1.29, 1.82) is 0 Å². The minimum Gasteiger partial charge on any atom is -0.491 e. The lowest BCUT2D eigenvalue weighted by atomic mass is 9.60. The second-order valence-electron chi connectivity index (χ2n) is 9.53. The van der Waals surface area contributed by atoms with Crippen molar-refractivity contribution in [2.45, 2.75) is 46.0 Å². The highest BCUT2D eigenvalue weighted by Crippen LogP contribution is 2.50. The molecule has 2 aliphatic carbocycles. The molecular formula is C21H30ClFN2O4S. The molecule has 0 heterocycles. The van der Waals surface area contributed by atoms with Crippen molar-refractivity contribution >= 4 is 27.7 Å². The third kappa shape index (κ3) is 5.26. The number of halogens is 2. The molecule has 168 valence electrons. The number of carbonyl (C=O) groups is 1. The van der Waals surface area contributed by atoms with Crippen molar-refractivity contribution in [1.82, 2.24) is 9.03 Å². The molecule has 2 aliphatic rings. The lowest BCUT2D eigenvalue weighted by Crippen LogP contribution is -2.40. The summed E-state index contributed by atoms with van der Waals surface area (Å²) < 4.78 is 46.7. The summed E-state index contributed by atoms with van der Waals surface area (Å²) in [5.41, 5.74) is -0.450. The Bertz CT molecular complexity index is 904. The number of ether oxygens (including phenoxy) is 1. The number of hydrogen-bond donors (Lipinski definition) is 1. The summed E-state index contributed by atoms with van der Waals surface area (Å²) >= 11 is 6.23. The third-order valence-corrected chi connectivity index (χ3v) is 7.95. The van der Waals surface area contributed by atoms with E-state index >= 15 is 0 Å². The molecule has 3 rings (SSSR count). The SMILES string of the molecule is CC1CC2CC(C1)CC(C)(COc1cc(F)c(C(=O)NS(=O)(=O)N(C)C)cc1Cl)C2. The molecule has 6 nitrogen and oxygen atoms in total. The average molecular weight is 461 g/mol. The number of nitrogens with one attached hydrogen (secondary N) is 1. The van der Waals surface area contributed by atoms with E-state index in [1.54, 1.807) is 4.72 Å². The first kappa shape index (κ1) is 23.3. The van der Waals surface area contributed by atoms with E-state index in [0.29, 0.717) is 18.4 Å². The fraction of sp³-hybridized carbons (Fsp3) is 0.667. The van der Waals surface area contributed by atoms with Crippen LogP contribution in [-0.2, 0) is 10.2 Å². The standard InChI is InChI=1S/C21H30ClFN2O4S/c1-13-5-14-7-15(6-13)11-21(2,10-14)12-29-19-9-18(23)16(8-17(19)22)20(26)24-30(27,28)25(3)4/h8-9,13-15H,5-7,10-12H2,1-4H3,(H,24,26). The molecular weight excluding hydrogens is 431 g/mol. The Morgan fingerprint density at radius 2 is 1.87 bits per heavy atom. The maximum absolute atomic E-state index is 14.5. The van der Waals surface area contributed by atoms with Crippen molar-refractivity contribution < 1.29 is 22.3 Å². The first-order valence-electron chi connectivity index (χ1n) is 10.2. The van der Waals surface area contributed by atoms with Gasteiger partial charge in [-0.1, -0.05) is 25.4 Å². The fourth-order valence-electron chi connectivity index (χ4n) is 5.16. The normalized spacial score (nSPS) is 29.0. The van der Waals surface area contributed by atoms with Crippen molar-refractivity contribution in [3.63, 3.8) is 0 Å². The molecule has 2 unspecified atom stereocenters. The first-order valence-corrected chi connectivity index (χ1v) is 12.1. The van der Waals surface area contributed by atoms with Crippen LogP contribution in [0.15, 0.2) is 12.1 Å². The molecule has 0 spiro atoms. The molecule has 0 radical (unpaired) electrons. The zero-order chi connectivity index (χ0) is 22.3. The molecule has 1 amide bonds. The van der Waals surface area contributed by atoms with E-state index in [1.165, 1.54) is 33.4 Å². The number of rotatable bonds is 6. The molecule has 0 aromatic heterocycles. The zero-order valence-electron chi connectivity index (χ0n) is 17.9. The van der Waals surface area contributed by atoms with Crippen molar-refractivity contribution in [3.8, 4) is 5.75 Å². The number of nitrogens with zero attached hydrogens (tertiary/aromatic N) is 1. The van der Waals surface area contributed by atoms with Gasteiger partial charge in [0.15, 0.2) is 0 Å². The quantitative estimate of drug-likeness (QED) is 0.688. The minimum atomic E-state index is -4.04. The summed E-state index contributed by atoms with van der Waals surface area (Å²) in [6, 6.07) is 2.15. The van der Waals surface area contributed by atoms with E-state index in [0.717, 1.165) is 35.2 Å². The Hall–Kier alpha value is -1.38. The van der Waals surface area contributed by atoms with Gasteiger partial charge in [-0.15, -0.1) is 0 Å². The van der Waals surface area contributed by atoms with Crippen molar-refractivity contribution in [2.75, 3.05) is 20.7 Å². The number of amides is 1. The molecule has 2 saturated carbocycles. The predicted octanol–water partition coefficient (Wildman–Crippen LogP) is 4.25. The third-order valence-electron chi connectivity index (χ3n) is 6.25. The lowest BCUT2D eigenvalue weighted by molar-refractivity contribution is 0.0146. The predicted molar refractivity (Wildman–Crippen MR) is 114 cm³/mol. The van der Waals surface area contributed by atoms with Crippen LogP contribution in [0.4, 0.5) is 4.39 Å². The lowest BCUT2D eigenvalue weighted by Gasteiger charge is -2.47. The van der Waals surface area contributed by atoms with Gasteiger partial charge in [0.2, 0.25) is 0 Å². The summed E-state index contributed by atoms with van der Waals surface area (Å²) in [5, 5.41) is 0.0667. The number of fused-ring (bicyclic) bond motifs is 2. The van der Waals surface area contributed by atoms with E-state index in [4.69, 9.17) is 16.3 Å². The molecule has 2 bridgehead atoms. The highest BCUT2D eigenvalue weighted by atomic mass is 35.5. The van der Waals surface area contributed by atoms with E-state index in [9.17, 15) is 17.6 Å². The second-order valence-corrected chi connectivity index (χ2v) is 11.8. The molecule has 30 heavy (non-hydrogen) atoms. The Kier molecular flexibility index (Phi) is 6.70. The summed E-state index contributed by atoms with van der Waals surface area (Å²) in [5.74, 6) is 0.372. The van der Waals surface area contributed by atoms with Gasteiger partial charge in [0, 0.05) is 25.6 Å². The molecule has 1 aromatic rings. The first-order chi connectivity index (χ1) is 13.9. The van der Waals surface area contributed by atoms with Gasteiger partial charge in [-0.2, -0.15) is 12.7 Å². The molecule has 2 fully saturated rings. The van der Waals surface area contributed by atoms with Crippen LogP contribution in [0.5, 0.6) is 5.75 Å². The van der Waals surface area contributed by atoms with Gasteiger partial charge in [-0.05, 0) is 55.9 Å². The number of benzene rings is 1. The van der Waals surface area contributed by atoms with Gasteiger partial charge in [-0.25, -0.2) is 9.11 Å². The average Bonchev–Trinajstić information content (AvgIpc) is 2.60. The van der Waals surface area contributed by atoms with E-state index in [1.807, 2.05) is 0 Å². The Morgan fingerprint density at radius 1 is 1.27 bits per heavy atom. The van der Waals surface area contributed by atoms with Crippen LogP contribution in [0.1, 0.15) is 56.3 Å².